The average Bonchev–Trinajstić information content (AvgIpc) is 2.85. The monoisotopic (exact) mass is 244 g/mol. The summed E-state index contributed by atoms with van der Waals surface area (Å²) in [5.74, 6) is -0.316. The Morgan fingerprint density at radius 1 is 1.50 bits per heavy atom. The molecule has 94 valence electrons. The van der Waals surface area contributed by atoms with Crippen LogP contribution in [0.4, 0.5) is 0 Å². The molecule has 1 aromatic heterocycles. The van der Waals surface area contributed by atoms with Crippen LogP contribution in [0.25, 0.3) is 17.0 Å². The summed E-state index contributed by atoms with van der Waals surface area (Å²) in [6, 6.07) is 5.73. The first-order valence-electron chi connectivity index (χ1n) is 5.77. The highest BCUT2D eigenvalue weighted by Gasteiger charge is 2.11. The first-order chi connectivity index (χ1) is 8.76. The summed E-state index contributed by atoms with van der Waals surface area (Å²) in [4.78, 5) is 14.8. The number of esters is 1. The largest absolute Gasteiger partial charge is 0.465 e. The lowest BCUT2D eigenvalue weighted by molar-refractivity contribution is 0.0603. The zero-order valence-electron chi connectivity index (χ0n) is 10.5. The van der Waals surface area contributed by atoms with Gasteiger partial charge in [0.2, 0.25) is 0 Å². The maximum Gasteiger partial charge on any atom is 0.338 e. The zero-order chi connectivity index (χ0) is 13.0. The zero-order valence-corrected chi connectivity index (χ0v) is 10.5. The maximum atomic E-state index is 11.7. The van der Waals surface area contributed by atoms with Gasteiger partial charge in [0.1, 0.15) is 0 Å². The van der Waals surface area contributed by atoms with Crippen molar-refractivity contribution in [3.8, 4) is 0 Å². The highest BCUT2D eigenvalue weighted by molar-refractivity contribution is 6.04. The number of nitrogens with one attached hydrogen (secondary N) is 2. The van der Waals surface area contributed by atoms with Crippen molar-refractivity contribution in [2.24, 2.45) is 0 Å². The summed E-state index contributed by atoms with van der Waals surface area (Å²) in [6.45, 7) is 0.788. The quantitative estimate of drug-likeness (QED) is 0.811. The molecule has 0 aliphatic carbocycles. The van der Waals surface area contributed by atoms with E-state index in [9.17, 15) is 4.79 Å². The molecule has 0 atom stereocenters. The van der Waals surface area contributed by atoms with E-state index in [-0.39, 0.29) is 5.97 Å². The number of carbonyl (C=O) groups excluding carboxylic acids is 1. The minimum atomic E-state index is -0.316. The van der Waals surface area contributed by atoms with Gasteiger partial charge in [-0.1, -0.05) is 12.2 Å². The van der Waals surface area contributed by atoms with Gasteiger partial charge in [0.05, 0.1) is 12.7 Å². The predicted octanol–water partition coefficient (Wildman–Crippen LogP) is 2.19. The molecule has 0 saturated heterocycles. The Labute approximate surface area is 106 Å². The maximum absolute atomic E-state index is 11.7. The lowest BCUT2D eigenvalue weighted by atomic mass is 10.1. The Kier molecular flexibility index (Phi) is 3.79. The summed E-state index contributed by atoms with van der Waals surface area (Å²) >= 11 is 0. The Balaban J connectivity index is 2.47. The van der Waals surface area contributed by atoms with E-state index in [1.807, 2.05) is 43.6 Å². The van der Waals surface area contributed by atoms with E-state index in [0.717, 1.165) is 23.0 Å². The SMILES string of the molecule is CNCC=Cc1cc(C(=O)OC)c2cc[nH]c2c1. The summed E-state index contributed by atoms with van der Waals surface area (Å²) in [5, 5.41) is 3.91. The Morgan fingerprint density at radius 2 is 2.33 bits per heavy atom. The molecule has 0 radical (unpaired) electrons. The lowest BCUT2D eigenvalue weighted by Gasteiger charge is -2.03. The van der Waals surface area contributed by atoms with Crippen LogP contribution in [0.5, 0.6) is 0 Å². The highest BCUT2D eigenvalue weighted by Crippen LogP contribution is 2.21. The number of H-pyrrole nitrogens is 1. The van der Waals surface area contributed by atoms with Crippen LogP contribution in [0.1, 0.15) is 15.9 Å². The molecular weight excluding hydrogens is 228 g/mol. The van der Waals surface area contributed by atoms with Crippen molar-refractivity contribution in [2.75, 3.05) is 20.7 Å². The fourth-order valence-electron chi connectivity index (χ4n) is 1.88. The molecule has 0 aliphatic rings. The third-order valence-electron chi connectivity index (χ3n) is 2.73. The number of aromatic nitrogens is 1. The smallest absolute Gasteiger partial charge is 0.338 e. The second kappa shape index (κ2) is 5.51. The molecule has 4 heteroatoms. The van der Waals surface area contributed by atoms with Gasteiger partial charge in [0, 0.05) is 23.6 Å². The number of rotatable bonds is 4. The third-order valence-corrected chi connectivity index (χ3v) is 2.73. The molecular formula is C14H16N2O2. The number of methoxy groups -OCH3 is 1. The van der Waals surface area contributed by atoms with Gasteiger partial charge in [-0.25, -0.2) is 4.79 Å². The third kappa shape index (κ3) is 2.43. The summed E-state index contributed by atoms with van der Waals surface area (Å²) in [6.07, 6.45) is 5.80. The molecule has 0 unspecified atom stereocenters. The van der Waals surface area contributed by atoms with Crippen molar-refractivity contribution in [1.82, 2.24) is 10.3 Å². The second-order valence-corrected chi connectivity index (χ2v) is 3.96. The number of benzene rings is 1. The minimum Gasteiger partial charge on any atom is -0.465 e. The first kappa shape index (κ1) is 12.4. The molecule has 2 aromatic rings. The summed E-state index contributed by atoms with van der Waals surface area (Å²) in [5.41, 5.74) is 2.49. The van der Waals surface area contributed by atoms with E-state index >= 15 is 0 Å². The van der Waals surface area contributed by atoms with Crippen molar-refractivity contribution in [3.63, 3.8) is 0 Å². The van der Waals surface area contributed by atoms with Crippen LogP contribution < -0.4 is 5.32 Å². The number of likely N-dealkylation sites (N-methyl/N-ethyl adjacent to an activating group) is 1. The van der Waals surface area contributed by atoms with Crippen molar-refractivity contribution in [3.05, 3.63) is 41.6 Å². The van der Waals surface area contributed by atoms with E-state index in [2.05, 4.69) is 10.3 Å². The van der Waals surface area contributed by atoms with E-state index in [0.29, 0.717) is 5.56 Å². The van der Waals surface area contributed by atoms with E-state index in [1.165, 1.54) is 7.11 Å². The molecule has 0 aliphatic heterocycles. The van der Waals surface area contributed by atoms with E-state index in [4.69, 9.17) is 4.74 Å². The standard InChI is InChI=1S/C14H16N2O2/c1-15-6-3-4-10-8-12(14(17)18-2)11-5-7-16-13(11)9-10/h3-5,7-9,15-16H,6H2,1-2H3. The van der Waals surface area contributed by atoms with Gasteiger partial charge in [-0.3, -0.25) is 0 Å². The van der Waals surface area contributed by atoms with Crippen LogP contribution in [0, 0.1) is 0 Å². The first-order valence-corrected chi connectivity index (χ1v) is 5.77. The number of ether oxygens (including phenoxy) is 1. The highest BCUT2D eigenvalue weighted by atomic mass is 16.5. The van der Waals surface area contributed by atoms with Crippen LogP contribution in [0.3, 0.4) is 0 Å². The van der Waals surface area contributed by atoms with E-state index in [1.54, 1.807) is 0 Å². The molecule has 1 aromatic carbocycles. The van der Waals surface area contributed by atoms with Gasteiger partial charge >= 0.3 is 5.97 Å². The lowest BCUT2D eigenvalue weighted by Crippen LogP contribution is -2.04. The minimum absolute atomic E-state index is 0.316. The van der Waals surface area contributed by atoms with Gasteiger partial charge < -0.3 is 15.0 Å². The van der Waals surface area contributed by atoms with Crippen LogP contribution in [0.2, 0.25) is 0 Å². The molecule has 4 nitrogen and oxygen atoms in total. The van der Waals surface area contributed by atoms with Gasteiger partial charge in [-0.05, 0) is 30.8 Å². The topological polar surface area (TPSA) is 54.1 Å². The molecule has 0 bridgehead atoms. The fourth-order valence-corrected chi connectivity index (χ4v) is 1.88. The van der Waals surface area contributed by atoms with Crippen LogP contribution in [0.15, 0.2) is 30.5 Å². The number of hydrogen-bond acceptors (Lipinski definition) is 3. The van der Waals surface area contributed by atoms with E-state index < -0.39 is 0 Å². The molecule has 0 spiro atoms. The second-order valence-electron chi connectivity index (χ2n) is 3.96. The number of hydrogen-bond donors (Lipinski definition) is 2. The van der Waals surface area contributed by atoms with Gasteiger partial charge in [0.25, 0.3) is 0 Å². The Hall–Kier alpha value is -2.07. The van der Waals surface area contributed by atoms with Crippen LogP contribution in [-0.4, -0.2) is 31.7 Å². The molecule has 0 saturated carbocycles. The van der Waals surface area contributed by atoms with Crippen molar-refractivity contribution >= 4 is 22.9 Å². The summed E-state index contributed by atoms with van der Waals surface area (Å²) < 4.78 is 4.81. The Bertz CT molecular complexity index is 584. The molecule has 18 heavy (non-hydrogen) atoms. The normalized spacial score (nSPS) is 11.2. The van der Waals surface area contributed by atoms with Crippen molar-refractivity contribution in [1.29, 1.82) is 0 Å². The average molecular weight is 244 g/mol. The molecule has 0 fully saturated rings. The van der Waals surface area contributed by atoms with Crippen molar-refractivity contribution in [2.45, 2.75) is 0 Å². The summed E-state index contributed by atoms with van der Waals surface area (Å²) in [7, 11) is 3.28. The van der Waals surface area contributed by atoms with Crippen LogP contribution >= 0.6 is 0 Å². The van der Waals surface area contributed by atoms with Crippen LogP contribution in [-0.2, 0) is 4.74 Å². The predicted molar refractivity (Wildman–Crippen MR) is 72.6 cm³/mol. The Morgan fingerprint density at radius 3 is 3.06 bits per heavy atom. The van der Waals surface area contributed by atoms with Crippen molar-refractivity contribution < 1.29 is 9.53 Å². The number of aromatic amines is 1. The molecule has 2 N–H and O–H groups in total. The van der Waals surface area contributed by atoms with Gasteiger partial charge in [-0.2, -0.15) is 0 Å². The fraction of sp³-hybridized carbons (Fsp3) is 0.214. The van der Waals surface area contributed by atoms with Gasteiger partial charge in [-0.15, -0.1) is 0 Å². The number of carbonyl (C=O) groups is 1. The number of fused-ring (bicyclic) bond motifs is 1. The molecule has 0 amide bonds. The van der Waals surface area contributed by atoms with Gasteiger partial charge in [0.15, 0.2) is 0 Å². The molecule has 2 rings (SSSR count). The molecule has 1 heterocycles.